The lowest BCUT2D eigenvalue weighted by molar-refractivity contribution is -0.114. The molecule has 3 N–H and O–H groups in total. The maximum absolute atomic E-state index is 11.2. The van der Waals surface area contributed by atoms with Gasteiger partial charge in [-0.1, -0.05) is 29.9 Å². The number of phenolic OH excluding ortho intramolecular Hbond substituents is 2. The van der Waals surface area contributed by atoms with Crippen LogP contribution in [0.4, 0.5) is 5.69 Å². The minimum Gasteiger partial charge on any atom is -0.508 e. The summed E-state index contributed by atoms with van der Waals surface area (Å²) in [6, 6.07) is 8.53. The summed E-state index contributed by atoms with van der Waals surface area (Å²) in [7, 11) is 0. The van der Waals surface area contributed by atoms with E-state index < -0.39 is 0 Å². The van der Waals surface area contributed by atoms with Crippen molar-refractivity contribution in [3.63, 3.8) is 0 Å². The molecule has 1 amide bonds. The van der Waals surface area contributed by atoms with Gasteiger partial charge >= 0.3 is 0 Å². The second kappa shape index (κ2) is 8.39. The van der Waals surface area contributed by atoms with E-state index in [2.05, 4.69) is 25.2 Å². The normalized spacial score (nSPS) is 10.8. The Bertz CT molecular complexity index is 875. The third-order valence-corrected chi connectivity index (χ3v) is 3.99. The molecule has 0 aliphatic heterocycles. The molecule has 2 aromatic carbocycles. The van der Waals surface area contributed by atoms with Gasteiger partial charge in [-0.05, 0) is 73.7 Å². The number of phenols is 2. The quantitative estimate of drug-likeness (QED) is 0.401. The standard InChI is InChI=1S/C22H25NO3/c1-14(2)5-9-20-15(3)11-19(25)13-18(20)8-6-17-7-10-22(26)21(12-17)23-16(4)24/h5-8,10-13,25-26H,9H2,1-4H3,(H,23,24)/b8-6+. The molecule has 0 heterocycles. The van der Waals surface area contributed by atoms with Crippen molar-refractivity contribution in [2.45, 2.75) is 34.1 Å². The molecule has 0 saturated carbocycles. The van der Waals surface area contributed by atoms with Gasteiger partial charge < -0.3 is 15.5 Å². The number of nitrogens with one attached hydrogen (secondary N) is 1. The average molecular weight is 351 g/mol. The summed E-state index contributed by atoms with van der Waals surface area (Å²) in [6.07, 6.45) is 6.78. The van der Waals surface area contributed by atoms with Crippen molar-refractivity contribution < 1.29 is 15.0 Å². The zero-order valence-corrected chi connectivity index (χ0v) is 15.6. The Morgan fingerprint density at radius 1 is 1.08 bits per heavy atom. The van der Waals surface area contributed by atoms with Crippen LogP contribution in [-0.2, 0) is 11.2 Å². The molecule has 26 heavy (non-hydrogen) atoms. The highest BCUT2D eigenvalue weighted by Crippen LogP contribution is 2.27. The van der Waals surface area contributed by atoms with Crippen LogP contribution in [0.3, 0.4) is 0 Å². The largest absolute Gasteiger partial charge is 0.508 e. The van der Waals surface area contributed by atoms with Crippen LogP contribution in [0.25, 0.3) is 12.2 Å². The number of carbonyl (C=O) groups excluding carboxylic acids is 1. The van der Waals surface area contributed by atoms with E-state index in [-0.39, 0.29) is 17.4 Å². The molecule has 0 aliphatic rings. The third kappa shape index (κ3) is 5.24. The highest BCUT2D eigenvalue weighted by atomic mass is 16.3. The number of aromatic hydroxyl groups is 2. The van der Waals surface area contributed by atoms with Gasteiger partial charge in [-0.25, -0.2) is 0 Å². The maximum atomic E-state index is 11.2. The first-order valence-electron chi connectivity index (χ1n) is 8.51. The molecule has 4 heteroatoms. The zero-order valence-electron chi connectivity index (χ0n) is 15.6. The maximum Gasteiger partial charge on any atom is 0.221 e. The smallest absolute Gasteiger partial charge is 0.221 e. The fourth-order valence-electron chi connectivity index (χ4n) is 2.69. The van der Waals surface area contributed by atoms with Crippen LogP contribution in [-0.4, -0.2) is 16.1 Å². The Morgan fingerprint density at radius 2 is 1.81 bits per heavy atom. The fraction of sp³-hybridized carbons (Fsp3) is 0.227. The third-order valence-electron chi connectivity index (χ3n) is 3.99. The lowest BCUT2D eigenvalue weighted by atomic mass is 9.96. The molecule has 0 spiro atoms. The van der Waals surface area contributed by atoms with Gasteiger partial charge in [0, 0.05) is 6.92 Å². The van der Waals surface area contributed by atoms with E-state index in [1.807, 2.05) is 19.1 Å². The van der Waals surface area contributed by atoms with Crippen molar-refractivity contribution in [2.75, 3.05) is 5.32 Å². The Labute approximate surface area is 154 Å². The molecule has 136 valence electrons. The zero-order chi connectivity index (χ0) is 19.3. The SMILES string of the molecule is CC(=O)Nc1cc(/C=C/c2cc(O)cc(C)c2CC=C(C)C)ccc1O. The van der Waals surface area contributed by atoms with E-state index in [4.69, 9.17) is 0 Å². The summed E-state index contributed by atoms with van der Waals surface area (Å²) in [5.41, 5.74) is 5.57. The van der Waals surface area contributed by atoms with E-state index in [0.29, 0.717) is 5.69 Å². The van der Waals surface area contributed by atoms with E-state index in [1.54, 1.807) is 30.3 Å². The molecule has 0 saturated heterocycles. The molecule has 0 aliphatic carbocycles. The monoisotopic (exact) mass is 351 g/mol. The summed E-state index contributed by atoms with van der Waals surface area (Å²) in [5, 5.41) is 22.4. The van der Waals surface area contributed by atoms with Crippen molar-refractivity contribution in [3.05, 3.63) is 64.2 Å². The van der Waals surface area contributed by atoms with E-state index in [0.717, 1.165) is 28.7 Å². The van der Waals surface area contributed by atoms with Gasteiger partial charge in [0.15, 0.2) is 0 Å². The summed E-state index contributed by atoms with van der Waals surface area (Å²) >= 11 is 0. The van der Waals surface area contributed by atoms with Crippen LogP contribution in [0, 0.1) is 6.92 Å². The summed E-state index contributed by atoms with van der Waals surface area (Å²) in [5.74, 6) is 0.0107. The number of amides is 1. The number of carbonyl (C=O) groups is 1. The van der Waals surface area contributed by atoms with Gasteiger partial charge in [0.05, 0.1) is 5.69 Å². The number of allylic oxidation sites excluding steroid dienone is 2. The fourth-order valence-corrected chi connectivity index (χ4v) is 2.69. The molecule has 0 aromatic heterocycles. The topological polar surface area (TPSA) is 69.6 Å². The van der Waals surface area contributed by atoms with Crippen LogP contribution in [0.1, 0.15) is 43.0 Å². The van der Waals surface area contributed by atoms with Crippen molar-refractivity contribution in [2.24, 2.45) is 0 Å². The number of hydrogen-bond donors (Lipinski definition) is 3. The van der Waals surface area contributed by atoms with Gasteiger partial charge in [0.25, 0.3) is 0 Å². The molecule has 0 radical (unpaired) electrons. The van der Waals surface area contributed by atoms with Gasteiger partial charge in [0.1, 0.15) is 11.5 Å². The highest BCUT2D eigenvalue weighted by molar-refractivity contribution is 5.91. The molecule has 4 nitrogen and oxygen atoms in total. The second-order valence-corrected chi connectivity index (χ2v) is 6.61. The minimum absolute atomic E-state index is 0.0230. The van der Waals surface area contributed by atoms with Gasteiger partial charge in [-0.3, -0.25) is 4.79 Å². The number of hydrogen-bond acceptors (Lipinski definition) is 3. The van der Waals surface area contributed by atoms with Crippen molar-refractivity contribution in [1.82, 2.24) is 0 Å². The molecular formula is C22H25NO3. The van der Waals surface area contributed by atoms with Crippen molar-refractivity contribution in [3.8, 4) is 11.5 Å². The summed E-state index contributed by atoms with van der Waals surface area (Å²) in [6.45, 7) is 7.50. The van der Waals surface area contributed by atoms with E-state index in [1.165, 1.54) is 12.5 Å². The predicted molar refractivity (Wildman–Crippen MR) is 107 cm³/mol. The Kier molecular flexibility index (Phi) is 6.23. The molecular weight excluding hydrogens is 326 g/mol. The van der Waals surface area contributed by atoms with Crippen molar-refractivity contribution >= 4 is 23.7 Å². The van der Waals surface area contributed by atoms with E-state index in [9.17, 15) is 15.0 Å². The predicted octanol–water partition coefficient (Wildman–Crippen LogP) is 5.04. The number of rotatable bonds is 5. The molecule has 2 aromatic rings. The van der Waals surface area contributed by atoms with Crippen molar-refractivity contribution in [1.29, 1.82) is 0 Å². The van der Waals surface area contributed by atoms with E-state index >= 15 is 0 Å². The Balaban J connectivity index is 2.38. The van der Waals surface area contributed by atoms with Crippen LogP contribution in [0.2, 0.25) is 0 Å². The Hall–Kier alpha value is -3.01. The van der Waals surface area contributed by atoms with Gasteiger partial charge in [-0.15, -0.1) is 0 Å². The first-order valence-corrected chi connectivity index (χ1v) is 8.51. The van der Waals surface area contributed by atoms with Gasteiger partial charge in [0.2, 0.25) is 5.91 Å². The first kappa shape index (κ1) is 19.3. The molecule has 0 fully saturated rings. The van der Waals surface area contributed by atoms with Crippen LogP contribution >= 0.6 is 0 Å². The molecule has 0 unspecified atom stereocenters. The number of benzene rings is 2. The van der Waals surface area contributed by atoms with Crippen LogP contribution in [0.15, 0.2) is 42.0 Å². The summed E-state index contributed by atoms with van der Waals surface area (Å²) in [4.78, 5) is 11.2. The molecule has 0 bridgehead atoms. The summed E-state index contributed by atoms with van der Waals surface area (Å²) < 4.78 is 0. The van der Waals surface area contributed by atoms with Crippen LogP contribution < -0.4 is 5.32 Å². The molecule has 0 atom stereocenters. The second-order valence-electron chi connectivity index (χ2n) is 6.61. The Morgan fingerprint density at radius 3 is 2.46 bits per heavy atom. The highest BCUT2D eigenvalue weighted by Gasteiger charge is 2.06. The lowest BCUT2D eigenvalue weighted by Gasteiger charge is -2.10. The minimum atomic E-state index is -0.242. The average Bonchev–Trinajstić information content (AvgIpc) is 2.53. The lowest BCUT2D eigenvalue weighted by Crippen LogP contribution is -2.05. The molecule has 2 rings (SSSR count). The first-order chi connectivity index (χ1) is 12.3. The van der Waals surface area contributed by atoms with Gasteiger partial charge in [-0.2, -0.15) is 0 Å². The number of anilines is 1. The number of aryl methyl sites for hydroxylation is 1. The van der Waals surface area contributed by atoms with Crippen LogP contribution in [0.5, 0.6) is 11.5 Å².